The third-order valence-electron chi connectivity index (χ3n) is 20.3. The molecule has 24 atom stereocenters. The highest BCUT2D eigenvalue weighted by Gasteiger charge is 2.55. The van der Waals surface area contributed by atoms with Crippen LogP contribution in [0.15, 0.2) is 91.3 Å². The molecule has 0 spiro atoms. The molecule has 5 aromatic rings. The van der Waals surface area contributed by atoms with E-state index in [0.29, 0.717) is 11.1 Å². The number of ether oxygens (including phenoxy) is 8. The standard InChI is InChI=1S/C69H89F2N7O21/c1-4-48-56(83)53(78-32-45(74-76-78)39-19-12-21-43(71)27-39)58(85)67(94-48)95-49-30-41(28-46(55(49)82)77-31-44(73-75-77)38-18-11-20-42(70)26-38)64(88)72-23-13-22-47(80)40-24-34(2)61(99-68-60(87)59(86)54(81)35(3)92-68)50(29-40)96-69-63(98-66(91)37-16-9-6-10-17-37)62(57(84)52(33-79)97-69)93-51(65(89)90)25-36-14-7-5-8-15-36/h6,9-12,16-21,26-27,31-32,34-36,40-41,46,48-63,67-69,79,81-87H,4-5,7-8,13-15,22-25,28-30,33H2,1-3H3,(H,72,88)(H,89,90)/t34-,35?,40?,41+,46?,48?,49-,50-,51+,52+,53-,54-,55?,56+,57+,58?,59+,60?,61?,62?,63?,67+,68+,69-/m1/s1. The third kappa shape index (κ3) is 17.1. The molecule has 10 N–H and O–H groups in total. The fourth-order valence-corrected chi connectivity index (χ4v) is 14.8. The van der Waals surface area contributed by atoms with Gasteiger partial charge in [-0.15, -0.1) is 10.2 Å². The Bertz CT molecular complexity index is 3500. The van der Waals surface area contributed by atoms with Gasteiger partial charge in [-0.3, -0.25) is 9.59 Å². The lowest BCUT2D eigenvalue weighted by atomic mass is 9.75. The predicted octanol–water partition coefficient (Wildman–Crippen LogP) is 3.50. The van der Waals surface area contributed by atoms with Gasteiger partial charge in [0.2, 0.25) is 5.91 Å². The molecule has 0 radical (unpaired) electrons. The lowest BCUT2D eigenvalue weighted by molar-refractivity contribution is -0.349. The number of aromatic nitrogens is 6. The first-order valence-electron chi connectivity index (χ1n) is 34.2. The molecule has 3 saturated carbocycles. The first-order chi connectivity index (χ1) is 47.6. The van der Waals surface area contributed by atoms with Gasteiger partial charge >= 0.3 is 11.9 Å². The van der Waals surface area contributed by atoms with Gasteiger partial charge in [0, 0.05) is 35.9 Å². The van der Waals surface area contributed by atoms with Gasteiger partial charge in [0.15, 0.2) is 31.1 Å². The highest BCUT2D eigenvalue weighted by atomic mass is 19.1. The lowest BCUT2D eigenvalue weighted by Gasteiger charge is -2.48. The number of ketones is 1. The normalized spacial score (nSPS) is 34.9. The Balaban J connectivity index is 0.809. The maximum Gasteiger partial charge on any atom is 0.338 e. The lowest BCUT2D eigenvalue weighted by Crippen LogP contribution is -2.64. The smallest absolute Gasteiger partial charge is 0.338 e. The first-order valence-corrected chi connectivity index (χ1v) is 34.2. The van der Waals surface area contributed by atoms with Crippen molar-refractivity contribution in [3.05, 3.63) is 108 Å². The number of nitrogens with zero attached hydrogens (tertiary/aromatic N) is 6. The molecule has 1 amide bonds. The molecule has 6 fully saturated rings. The number of carbonyl (C=O) groups excluding carboxylic acids is 3. The second kappa shape index (κ2) is 32.9. The van der Waals surface area contributed by atoms with Crippen LogP contribution in [0.25, 0.3) is 22.5 Å². The molecule has 3 aromatic carbocycles. The van der Waals surface area contributed by atoms with Crippen molar-refractivity contribution in [3.8, 4) is 22.5 Å². The van der Waals surface area contributed by atoms with E-state index >= 15 is 0 Å². The highest BCUT2D eigenvalue weighted by Crippen LogP contribution is 2.43. The van der Waals surface area contributed by atoms with E-state index in [0.717, 1.165) is 32.1 Å². The summed E-state index contributed by atoms with van der Waals surface area (Å²) >= 11 is 0. The zero-order chi connectivity index (χ0) is 70.3. The number of rotatable bonds is 25. The second-order valence-corrected chi connectivity index (χ2v) is 27.1. The number of carboxylic acid groups (broad SMARTS) is 1. The van der Waals surface area contributed by atoms with Crippen molar-refractivity contribution in [2.75, 3.05) is 13.2 Å². The van der Waals surface area contributed by atoms with Crippen LogP contribution in [0.2, 0.25) is 0 Å². The topological polar surface area (TPSA) is 398 Å². The quantitative estimate of drug-likeness (QED) is 0.0295. The van der Waals surface area contributed by atoms with E-state index in [-0.39, 0.29) is 86.6 Å². The van der Waals surface area contributed by atoms with Gasteiger partial charge in [-0.2, -0.15) is 0 Å². The molecular formula is C69H89F2N7O21. The van der Waals surface area contributed by atoms with Gasteiger partial charge < -0.3 is 89.2 Å². The van der Waals surface area contributed by atoms with Crippen molar-refractivity contribution in [1.29, 1.82) is 0 Å². The van der Waals surface area contributed by atoms with Crippen LogP contribution >= 0.6 is 0 Å². The molecule has 5 heterocycles. The van der Waals surface area contributed by atoms with Crippen molar-refractivity contribution in [1.82, 2.24) is 35.3 Å². The molecule has 3 saturated heterocycles. The summed E-state index contributed by atoms with van der Waals surface area (Å²) in [5.41, 5.74) is 1.35. The van der Waals surface area contributed by atoms with E-state index in [1.54, 1.807) is 44.2 Å². The number of Topliss-reactive ketones (excluding diaryl/α,β-unsaturated/α-hetero) is 1. The Morgan fingerprint density at radius 2 is 1.28 bits per heavy atom. The average molecular weight is 1390 g/mol. The Labute approximate surface area is 569 Å². The van der Waals surface area contributed by atoms with E-state index in [1.807, 2.05) is 0 Å². The van der Waals surface area contributed by atoms with Crippen molar-refractivity contribution >= 4 is 23.6 Å². The van der Waals surface area contributed by atoms with Crippen LogP contribution in [-0.2, 0) is 52.3 Å². The van der Waals surface area contributed by atoms with E-state index < -0.39 is 182 Å². The number of halogens is 2. The number of nitrogens with one attached hydrogen (secondary N) is 1. The molecule has 10 unspecified atom stereocenters. The summed E-state index contributed by atoms with van der Waals surface area (Å²) in [6.07, 6.45) is -20.6. The molecule has 30 heteroatoms. The molecule has 2 aromatic heterocycles. The summed E-state index contributed by atoms with van der Waals surface area (Å²) in [5.74, 6) is -6.47. The molecule has 6 aliphatic rings. The van der Waals surface area contributed by atoms with Gasteiger partial charge in [-0.05, 0) is 100 Å². The predicted molar refractivity (Wildman–Crippen MR) is 340 cm³/mol. The van der Waals surface area contributed by atoms with Gasteiger partial charge in [-0.1, -0.05) is 98.8 Å². The zero-order valence-electron chi connectivity index (χ0n) is 55.1. The Morgan fingerprint density at radius 3 is 1.94 bits per heavy atom. The molecule has 99 heavy (non-hydrogen) atoms. The molecule has 11 rings (SSSR count). The number of aliphatic hydroxyl groups is 8. The number of amides is 1. The largest absolute Gasteiger partial charge is 0.479 e. The average Bonchev–Trinajstić information content (AvgIpc) is 1.54. The van der Waals surface area contributed by atoms with Crippen LogP contribution in [0.4, 0.5) is 8.78 Å². The highest BCUT2D eigenvalue weighted by molar-refractivity contribution is 5.89. The second-order valence-electron chi connectivity index (χ2n) is 27.1. The van der Waals surface area contributed by atoms with Gasteiger partial charge in [0.05, 0.1) is 61.1 Å². The number of esters is 1. The molecule has 540 valence electrons. The number of aliphatic hydroxyl groups excluding tert-OH is 8. The monoisotopic (exact) mass is 1390 g/mol. The van der Waals surface area contributed by atoms with Gasteiger partial charge in [-0.25, -0.2) is 27.7 Å². The first kappa shape index (κ1) is 73.5. The summed E-state index contributed by atoms with van der Waals surface area (Å²) in [4.78, 5) is 56.3. The maximum absolute atomic E-state index is 14.7. The number of benzene rings is 3. The number of carbonyl (C=O) groups is 4. The Kier molecular flexibility index (Phi) is 24.5. The number of hydrogen-bond donors (Lipinski definition) is 10. The number of hydrogen-bond acceptors (Lipinski definition) is 24. The van der Waals surface area contributed by atoms with Crippen LogP contribution in [0.3, 0.4) is 0 Å². The Morgan fingerprint density at radius 1 is 0.646 bits per heavy atom. The van der Waals surface area contributed by atoms with Gasteiger partial charge in [0.1, 0.15) is 89.8 Å². The van der Waals surface area contributed by atoms with Crippen molar-refractivity contribution in [3.63, 3.8) is 0 Å². The maximum atomic E-state index is 14.7. The number of carboxylic acids is 1. The van der Waals surface area contributed by atoms with E-state index in [9.17, 15) is 73.9 Å². The summed E-state index contributed by atoms with van der Waals surface area (Å²) in [5, 5.41) is 121. The van der Waals surface area contributed by atoms with Crippen LogP contribution in [0, 0.1) is 35.3 Å². The zero-order valence-corrected chi connectivity index (χ0v) is 55.1. The van der Waals surface area contributed by atoms with E-state index in [1.165, 1.54) is 77.2 Å². The summed E-state index contributed by atoms with van der Waals surface area (Å²) in [7, 11) is 0. The minimum Gasteiger partial charge on any atom is -0.479 e. The molecule has 28 nitrogen and oxygen atoms in total. The summed E-state index contributed by atoms with van der Waals surface area (Å²) < 4.78 is 81.7. The fraction of sp³-hybridized carbons (Fsp3) is 0.623. The van der Waals surface area contributed by atoms with Crippen LogP contribution in [-0.4, -0.2) is 229 Å². The molecule has 3 aliphatic heterocycles. The van der Waals surface area contributed by atoms with Crippen LogP contribution in [0.5, 0.6) is 0 Å². The van der Waals surface area contributed by atoms with Crippen LogP contribution in [0.1, 0.15) is 127 Å². The van der Waals surface area contributed by atoms with Crippen LogP contribution < -0.4 is 5.32 Å². The summed E-state index contributed by atoms with van der Waals surface area (Å²) in [6, 6.07) is 16.9. The van der Waals surface area contributed by atoms with Crippen molar-refractivity contribution < 1.29 is 112 Å². The van der Waals surface area contributed by atoms with Crippen molar-refractivity contribution in [2.45, 2.75) is 233 Å². The van der Waals surface area contributed by atoms with E-state index in [4.69, 9.17) is 37.9 Å². The minimum atomic E-state index is -1.78. The Hall–Kier alpha value is -6.72. The van der Waals surface area contributed by atoms with Gasteiger partial charge in [0.25, 0.3) is 0 Å². The molecule has 3 aliphatic carbocycles. The SMILES string of the molecule is CCC1O[C@@H](O[C@@H]2C[C@@H](C(=O)NCCCC(=O)C3C[C@@H](C)C(O[C@@H]4OC(C)[C@@H](O)[C@H](O)C4O)[C@H](O[C@@H]4O[C@@H](CO)[C@H](O)C(O[C@@H](CC5CCCCC5)C(=O)O)C4OC(=O)c4ccccc4)C3)CC(n3cc(-c4cccc(F)c4)nn3)C2O)C(O)[C@H](n2cc(-c3cccc(F)c3)nn2)[C@H]1O. The number of aliphatic carboxylic acids is 1. The summed E-state index contributed by atoms with van der Waals surface area (Å²) in [6.45, 7) is 4.10. The van der Waals surface area contributed by atoms with Crippen molar-refractivity contribution in [2.24, 2.45) is 23.7 Å². The molecular weight excluding hydrogens is 1300 g/mol. The minimum absolute atomic E-state index is 0.0268. The fourth-order valence-electron chi connectivity index (χ4n) is 14.8. The van der Waals surface area contributed by atoms with E-state index in [2.05, 4.69) is 25.9 Å². The molecule has 0 bridgehead atoms. The third-order valence-corrected chi connectivity index (χ3v) is 20.3.